The van der Waals surface area contributed by atoms with Crippen molar-refractivity contribution in [2.24, 2.45) is 0 Å². The average molecular weight is 202 g/mol. The fourth-order valence-corrected chi connectivity index (χ4v) is 1.01. The van der Waals surface area contributed by atoms with Crippen molar-refractivity contribution in [3.8, 4) is 5.75 Å². The highest BCUT2D eigenvalue weighted by Gasteiger charge is 2.18. The minimum absolute atomic E-state index is 0.134. The molecule has 0 bridgehead atoms. The van der Waals surface area contributed by atoms with Gasteiger partial charge in [0, 0.05) is 0 Å². The van der Waals surface area contributed by atoms with E-state index in [1.165, 1.54) is 0 Å². The van der Waals surface area contributed by atoms with Crippen LogP contribution in [0.1, 0.15) is 6.92 Å². The molecule has 0 saturated heterocycles. The molecule has 14 heavy (non-hydrogen) atoms. The Bertz CT molecular complexity index is 307. The van der Waals surface area contributed by atoms with Gasteiger partial charge < -0.3 is 14.8 Å². The molecule has 6 heteroatoms. The molecular weight excluding hydrogens is 193 g/mol. The van der Waals surface area contributed by atoms with Crippen LogP contribution >= 0.6 is 0 Å². The molecular formula is C8H9BF2O3. The van der Waals surface area contributed by atoms with Crippen LogP contribution in [-0.4, -0.2) is 23.8 Å². The third-order valence-corrected chi connectivity index (χ3v) is 1.61. The SMILES string of the molecule is CCOc1c(F)cc(B(O)O)cc1F. The lowest BCUT2D eigenvalue weighted by Gasteiger charge is -2.07. The minimum atomic E-state index is -1.89. The van der Waals surface area contributed by atoms with Crippen molar-refractivity contribution in [1.29, 1.82) is 0 Å². The highest BCUT2D eigenvalue weighted by Crippen LogP contribution is 2.19. The molecule has 0 heterocycles. The lowest BCUT2D eigenvalue weighted by atomic mass is 9.80. The summed E-state index contributed by atoms with van der Waals surface area (Å²) in [4.78, 5) is 0. The Kier molecular flexibility index (Phi) is 3.43. The van der Waals surface area contributed by atoms with Crippen molar-refractivity contribution in [2.75, 3.05) is 6.61 Å². The zero-order chi connectivity index (χ0) is 10.7. The molecule has 76 valence electrons. The summed E-state index contributed by atoms with van der Waals surface area (Å²) in [5.74, 6) is -2.40. The maximum Gasteiger partial charge on any atom is 0.488 e. The maximum absolute atomic E-state index is 13.1. The largest absolute Gasteiger partial charge is 0.488 e. The summed E-state index contributed by atoms with van der Waals surface area (Å²) in [7, 11) is -1.89. The van der Waals surface area contributed by atoms with Crippen LogP contribution in [0.3, 0.4) is 0 Å². The molecule has 1 aromatic carbocycles. The van der Waals surface area contributed by atoms with E-state index >= 15 is 0 Å². The molecule has 0 radical (unpaired) electrons. The van der Waals surface area contributed by atoms with E-state index in [1.54, 1.807) is 6.92 Å². The predicted octanol–water partition coefficient (Wildman–Crippen LogP) is 0.0433. The van der Waals surface area contributed by atoms with Gasteiger partial charge in [-0.2, -0.15) is 0 Å². The van der Waals surface area contributed by atoms with E-state index in [-0.39, 0.29) is 12.1 Å². The molecule has 1 rings (SSSR count). The van der Waals surface area contributed by atoms with Gasteiger partial charge in [0.05, 0.1) is 6.61 Å². The number of hydrogen-bond donors (Lipinski definition) is 2. The Labute approximate surface area is 80.1 Å². The zero-order valence-corrected chi connectivity index (χ0v) is 7.50. The van der Waals surface area contributed by atoms with Gasteiger partial charge in [0.2, 0.25) is 0 Å². The summed E-state index contributed by atoms with van der Waals surface area (Å²) < 4.78 is 30.8. The van der Waals surface area contributed by atoms with E-state index in [9.17, 15) is 8.78 Å². The van der Waals surface area contributed by atoms with E-state index in [0.717, 1.165) is 12.1 Å². The standard InChI is InChI=1S/C8H9BF2O3/c1-2-14-8-6(10)3-5(9(12)13)4-7(8)11/h3-4,12-13H,2H2,1H3. The van der Waals surface area contributed by atoms with Crippen LogP contribution in [0, 0.1) is 11.6 Å². The van der Waals surface area contributed by atoms with Crippen molar-refractivity contribution in [1.82, 2.24) is 0 Å². The Morgan fingerprint density at radius 2 is 1.79 bits per heavy atom. The van der Waals surface area contributed by atoms with Gasteiger partial charge in [0.1, 0.15) is 0 Å². The van der Waals surface area contributed by atoms with Gasteiger partial charge in [-0.25, -0.2) is 8.78 Å². The zero-order valence-electron chi connectivity index (χ0n) is 7.50. The summed E-state index contributed by atoms with van der Waals surface area (Å²) in [5, 5.41) is 17.3. The first-order chi connectivity index (χ1) is 6.56. The molecule has 0 aliphatic carbocycles. The number of rotatable bonds is 3. The third-order valence-electron chi connectivity index (χ3n) is 1.61. The topological polar surface area (TPSA) is 49.7 Å². The molecule has 0 fully saturated rings. The number of benzene rings is 1. The summed E-state index contributed by atoms with van der Waals surface area (Å²) in [6.07, 6.45) is 0. The van der Waals surface area contributed by atoms with Crippen molar-refractivity contribution in [2.45, 2.75) is 6.92 Å². The first-order valence-corrected chi connectivity index (χ1v) is 4.04. The lowest BCUT2D eigenvalue weighted by molar-refractivity contribution is 0.303. The van der Waals surface area contributed by atoms with Gasteiger partial charge in [-0.3, -0.25) is 0 Å². The van der Waals surface area contributed by atoms with Crippen LogP contribution in [0.4, 0.5) is 8.78 Å². The molecule has 1 aromatic rings. The average Bonchev–Trinajstić information content (AvgIpc) is 2.10. The van der Waals surface area contributed by atoms with Crippen molar-refractivity contribution in [3.63, 3.8) is 0 Å². The highest BCUT2D eigenvalue weighted by molar-refractivity contribution is 6.58. The summed E-state index contributed by atoms with van der Waals surface area (Å²) in [6.45, 7) is 1.72. The summed E-state index contributed by atoms with van der Waals surface area (Å²) in [6, 6.07) is 1.64. The van der Waals surface area contributed by atoms with Gasteiger partial charge in [-0.15, -0.1) is 0 Å². The maximum atomic E-state index is 13.1. The van der Waals surface area contributed by atoms with Crippen molar-refractivity contribution < 1.29 is 23.6 Å². The Morgan fingerprint density at radius 1 is 1.29 bits per heavy atom. The molecule has 0 aliphatic heterocycles. The molecule has 3 nitrogen and oxygen atoms in total. The normalized spacial score (nSPS) is 10.1. The van der Waals surface area contributed by atoms with Crippen molar-refractivity contribution in [3.05, 3.63) is 23.8 Å². The Balaban J connectivity index is 3.11. The number of ether oxygens (including phenoxy) is 1. The van der Waals surface area contributed by atoms with Crippen LogP contribution in [0.15, 0.2) is 12.1 Å². The second kappa shape index (κ2) is 4.39. The van der Waals surface area contributed by atoms with Gasteiger partial charge >= 0.3 is 7.12 Å². The lowest BCUT2D eigenvalue weighted by Crippen LogP contribution is -2.30. The fraction of sp³-hybridized carbons (Fsp3) is 0.250. The van der Waals surface area contributed by atoms with E-state index in [0.29, 0.717) is 0 Å². The Morgan fingerprint density at radius 3 is 2.14 bits per heavy atom. The van der Waals surface area contributed by atoms with E-state index in [1.807, 2.05) is 0 Å². The number of halogens is 2. The second-order valence-corrected chi connectivity index (χ2v) is 2.62. The van der Waals surface area contributed by atoms with Crippen LogP contribution in [0.2, 0.25) is 0 Å². The first kappa shape index (κ1) is 10.9. The van der Waals surface area contributed by atoms with E-state index in [4.69, 9.17) is 10.0 Å². The summed E-state index contributed by atoms with van der Waals surface area (Å²) >= 11 is 0. The minimum Gasteiger partial charge on any atom is -0.488 e. The van der Waals surface area contributed by atoms with Crippen LogP contribution in [0.5, 0.6) is 5.75 Å². The summed E-state index contributed by atoms with van der Waals surface area (Å²) in [5.41, 5.74) is -0.247. The molecule has 0 atom stereocenters. The van der Waals surface area contributed by atoms with Gasteiger partial charge in [0.15, 0.2) is 17.4 Å². The molecule has 0 spiro atoms. The molecule has 0 aliphatic rings. The molecule has 0 amide bonds. The number of hydrogen-bond acceptors (Lipinski definition) is 3. The second-order valence-electron chi connectivity index (χ2n) is 2.62. The molecule has 0 saturated carbocycles. The van der Waals surface area contributed by atoms with Gasteiger partial charge in [0.25, 0.3) is 0 Å². The molecule has 2 N–H and O–H groups in total. The molecule has 0 aromatic heterocycles. The van der Waals surface area contributed by atoms with Gasteiger partial charge in [-0.05, 0) is 24.5 Å². The van der Waals surface area contributed by atoms with Crippen LogP contribution in [0.25, 0.3) is 0 Å². The van der Waals surface area contributed by atoms with E-state index in [2.05, 4.69) is 4.74 Å². The predicted molar refractivity (Wildman–Crippen MR) is 47.4 cm³/mol. The monoisotopic (exact) mass is 202 g/mol. The van der Waals surface area contributed by atoms with Crippen LogP contribution < -0.4 is 10.2 Å². The third kappa shape index (κ3) is 2.21. The van der Waals surface area contributed by atoms with Crippen molar-refractivity contribution >= 4 is 12.6 Å². The van der Waals surface area contributed by atoms with Gasteiger partial charge in [-0.1, -0.05) is 0 Å². The fourth-order valence-electron chi connectivity index (χ4n) is 1.01. The van der Waals surface area contributed by atoms with Crippen LogP contribution in [-0.2, 0) is 0 Å². The first-order valence-electron chi connectivity index (χ1n) is 4.04. The van der Waals surface area contributed by atoms with E-state index < -0.39 is 24.5 Å². The smallest absolute Gasteiger partial charge is 0.488 e. The molecule has 0 unspecified atom stereocenters. The Hall–Kier alpha value is -1.14. The quantitative estimate of drug-likeness (QED) is 0.680. The highest BCUT2D eigenvalue weighted by atomic mass is 19.1.